The van der Waals surface area contributed by atoms with Gasteiger partial charge in [0.15, 0.2) is 0 Å². The molecular formula is C9H13N3O. The molecule has 2 N–H and O–H groups in total. The Morgan fingerprint density at radius 3 is 2.92 bits per heavy atom. The zero-order valence-corrected chi connectivity index (χ0v) is 7.40. The van der Waals surface area contributed by atoms with Crippen LogP contribution in [0.2, 0.25) is 0 Å². The van der Waals surface area contributed by atoms with Gasteiger partial charge in [0.2, 0.25) is 0 Å². The average Bonchev–Trinajstić information content (AvgIpc) is 2.97. The van der Waals surface area contributed by atoms with Gasteiger partial charge in [-0.25, -0.2) is 0 Å². The Balaban J connectivity index is 1.86. The Morgan fingerprint density at radius 1 is 1.54 bits per heavy atom. The number of hydrogen-bond donors (Lipinski definition) is 2. The van der Waals surface area contributed by atoms with Gasteiger partial charge in [0.1, 0.15) is 5.82 Å². The van der Waals surface area contributed by atoms with Crippen LogP contribution in [-0.4, -0.2) is 28.5 Å². The van der Waals surface area contributed by atoms with Crippen LogP contribution in [0.5, 0.6) is 0 Å². The molecule has 1 aliphatic rings. The summed E-state index contributed by atoms with van der Waals surface area (Å²) in [5.41, 5.74) is 0.123. The number of nitrogens with zero attached hydrogens (tertiary/aromatic N) is 2. The number of aromatic nitrogens is 2. The van der Waals surface area contributed by atoms with Crippen molar-refractivity contribution in [3.05, 3.63) is 18.3 Å². The van der Waals surface area contributed by atoms with E-state index in [-0.39, 0.29) is 12.0 Å². The average molecular weight is 179 g/mol. The Hall–Kier alpha value is -1.16. The summed E-state index contributed by atoms with van der Waals surface area (Å²) in [5, 5.41) is 19.9. The van der Waals surface area contributed by atoms with Gasteiger partial charge in [-0.05, 0) is 25.0 Å². The normalized spacial score (nSPS) is 18.2. The van der Waals surface area contributed by atoms with Gasteiger partial charge in [0.05, 0.1) is 6.61 Å². The minimum Gasteiger partial charge on any atom is -0.396 e. The van der Waals surface area contributed by atoms with Gasteiger partial charge >= 0.3 is 0 Å². The third kappa shape index (κ3) is 1.95. The SMILES string of the molecule is OCC1(CNc2cccnn2)CC1. The molecule has 13 heavy (non-hydrogen) atoms. The second kappa shape index (κ2) is 3.30. The Labute approximate surface area is 77.0 Å². The van der Waals surface area contributed by atoms with Crippen LogP contribution in [0.1, 0.15) is 12.8 Å². The molecule has 0 amide bonds. The summed E-state index contributed by atoms with van der Waals surface area (Å²) in [5.74, 6) is 0.780. The van der Waals surface area contributed by atoms with Crippen molar-refractivity contribution in [2.45, 2.75) is 12.8 Å². The fraction of sp³-hybridized carbons (Fsp3) is 0.556. The van der Waals surface area contributed by atoms with Gasteiger partial charge in [0.25, 0.3) is 0 Å². The molecule has 0 saturated heterocycles. The first-order valence-electron chi connectivity index (χ1n) is 4.47. The maximum absolute atomic E-state index is 9.06. The van der Waals surface area contributed by atoms with E-state index in [1.807, 2.05) is 12.1 Å². The van der Waals surface area contributed by atoms with Crippen LogP contribution in [-0.2, 0) is 0 Å². The van der Waals surface area contributed by atoms with Crippen molar-refractivity contribution in [1.29, 1.82) is 0 Å². The van der Waals surface area contributed by atoms with E-state index in [0.717, 1.165) is 25.2 Å². The highest BCUT2D eigenvalue weighted by atomic mass is 16.3. The van der Waals surface area contributed by atoms with Crippen LogP contribution >= 0.6 is 0 Å². The van der Waals surface area contributed by atoms with Gasteiger partial charge in [-0.15, -0.1) is 5.10 Å². The first kappa shape index (κ1) is 8.44. The number of anilines is 1. The zero-order chi connectivity index (χ0) is 9.15. The highest BCUT2D eigenvalue weighted by Crippen LogP contribution is 2.44. The van der Waals surface area contributed by atoms with Crippen molar-refractivity contribution in [2.75, 3.05) is 18.5 Å². The van der Waals surface area contributed by atoms with Crippen LogP contribution < -0.4 is 5.32 Å². The maximum atomic E-state index is 9.06. The monoisotopic (exact) mass is 179 g/mol. The molecule has 4 nitrogen and oxygen atoms in total. The number of aliphatic hydroxyl groups is 1. The van der Waals surface area contributed by atoms with E-state index in [1.165, 1.54) is 0 Å². The number of hydrogen-bond acceptors (Lipinski definition) is 4. The van der Waals surface area contributed by atoms with Gasteiger partial charge in [-0.3, -0.25) is 0 Å². The molecule has 0 spiro atoms. The molecule has 1 heterocycles. The highest BCUT2D eigenvalue weighted by molar-refractivity contribution is 5.32. The first-order chi connectivity index (χ1) is 6.35. The molecule has 1 saturated carbocycles. The van der Waals surface area contributed by atoms with Gasteiger partial charge in [0, 0.05) is 18.2 Å². The lowest BCUT2D eigenvalue weighted by atomic mass is 10.1. The molecule has 0 radical (unpaired) electrons. The molecule has 4 heteroatoms. The summed E-state index contributed by atoms with van der Waals surface area (Å²) in [7, 11) is 0. The molecule has 0 bridgehead atoms. The Morgan fingerprint density at radius 2 is 2.38 bits per heavy atom. The predicted molar refractivity (Wildman–Crippen MR) is 49.3 cm³/mol. The third-order valence-corrected chi connectivity index (χ3v) is 2.51. The predicted octanol–water partition coefficient (Wildman–Crippen LogP) is 0.661. The standard InChI is InChI=1S/C9H13N3O/c13-7-9(3-4-9)6-10-8-2-1-5-11-12-8/h1-2,5,13H,3-4,6-7H2,(H,10,12). The number of nitrogens with one attached hydrogen (secondary N) is 1. The Kier molecular flexibility index (Phi) is 2.14. The largest absolute Gasteiger partial charge is 0.396 e. The summed E-state index contributed by atoms with van der Waals surface area (Å²) in [6, 6.07) is 3.72. The molecule has 0 unspecified atom stereocenters. The molecule has 0 aromatic carbocycles. The van der Waals surface area contributed by atoms with Gasteiger partial charge in [-0.2, -0.15) is 5.10 Å². The molecule has 0 atom stereocenters. The van der Waals surface area contributed by atoms with Crippen LogP contribution in [0.15, 0.2) is 18.3 Å². The van der Waals surface area contributed by atoms with Crippen LogP contribution in [0.25, 0.3) is 0 Å². The van der Waals surface area contributed by atoms with Crippen molar-refractivity contribution < 1.29 is 5.11 Å². The molecular weight excluding hydrogens is 166 g/mol. The van der Waals surface area contributed by atoms with Crippen LogP contribution in [0, 0.1) is 5.41 Å². The van der Waals surface area contributed by atoms with Gasteiger partial charge < -0.3 is 10.4 Å². The zero-order valence-electron chi connectivity index (χ0n) is 7.40. The third-order valence-electron chi connectivity index (χ3n) is 2.51. The molecule has 1 aliphatic carbocycles. The topological polar surface area (TPSA) is 58.0 Å². The smallest absolute Gasteiger partial charge is 0.148 e. The number of rotatable bonds is 4. The van der Waals surface area contributed by atoms with E-state index in [2.05, 4.69) is 15.5 Å². The lowest BCUT2D eigenvalue weighted by Gasteiger charge is -2.12. The second-order valence-corrected chi connectivity index (χ2v) is 3.62. The summed E-state index contributed by atoms with van der Waals surface area (Å²) in [4.78, 5) is 0. The summed E-state index contributed by atoms with van der Waals surface area (Å²) in [6.07, 6.45) is 3.86. The van der Waals surface area contributed by atoms with E-state index >= 15 is 0 Å². The molecule has 1 aromatic rings. The fourth-order valence-corrected chi connectivity index (χ4v) is 1.24. The second-order valence-electron chi connectivity index (χ2n) is 3.62. The number of aliphatic hydroxyl groups excluding tert-OH is 1. The summed E-state index contributed by atoms with van der Waals surface area (Å²) < 4.78 is 0. The van der Waals surface area contributed by atoms with E-state index in [4.69, 9.17) is 5.11 Å². The van der Waals surface area contributed by atoms with Crippen molar-refractivity contribution in [1.82, 2.24) is 10.2 Å². The van der Waals surface area contributed by atoms with Crippen molar-refractivity contribution in [3.8, 4) is 0 Å². The van der Waals surface area contributed by atoms with Gasteiger partial charge in [-0.1, -0.05) is 0 Å². The minimum atomic E-state index is 0.123. The molecule has 0 aliphatic heterocycles. The lowest BCUT2D eigenvalue weighted by Crippen LogP contribution is -2.19. The minimum absolute atomic E-state index is 0.123. The van der Waals surface area contributed by atoms with E-state index in [0.29, 0.717) is 0 Å². The van der Waals surface area contributed by atoms with E-state index in [1.54, 1.807) is 6.20 Å². The molecule has 2 rings (SSSR count). The van der Waals surface area contributed by atoms with E-state index in [9.17, 15) is 0 Å². The van der Waals surface area contributed by atoms with Crippen molar-refractivity contribution in [2.24, 2.45) is 5.41 Å². The summed E-state index contributed by atoms with van der Waals surface area (Å²) in [6.45, 7) is 1.06. The van der Waals surface area contributed by atoms with Crippen LogP contribution in [0.4, 0.5) is 5.82 Å². The molecule has 1 aromatic heterocycles. The van der Waals surface area contributed by atoms with Crippen molar-refractivity contribution in [3.63, 3.8) is 0 Å². The van der Waals surface area contributed by atoms with Crippen molar-refractivity contribution >= 4 is 5.82 Å². The molecule has 1 fully saturated rings. The quantitative estimate of drug-likeness (QED) is 0.713. The Bertz CT molecular complexity index is 271. The molecule has 70 valence electrons. The highest BCUT2D eigenvalue weighted by Gasteiger charge is 2.41. The fourth-order valence-electron chi connectivity index (χ4n) is 1.24. The lowest BCUT2D eigenvalue weighted by molar-refractivity contribution is 0.219. The maximum Gasteiger partial charge on any atom is 0.148 e. The van der Waals surface area contributed by atoms with E-state index < -0.39 is 0 Å². The summed E-state index contributed by atoms with van der Waals surface area (Å²) >= 11 is 0. The van der Waals surface area contributed by atoms with Crippen LogP contribution in [0.3, 0.4) is 0 Å². The first-order valence-corrected chi connectivity index (χ1v) is 4.47.